The van der Waals surface area contributed by atoms with E-state index in [1.807, 2.05) is 15.5 Å². The molecule has 438 valence electrons. The number of carbonyl (C=O) groups is 4. The van der Waals surface area contributed by atoms with Gasteiger partial charge in [-0.1, -0.05) is 24.3 Å². The number of hydrogen-bond donors (Lipinski definition) is 6. The standard InChI is InChI=1S/C52H62F10N10O8/c1-49(2,51(57,58)59)44(68-48(77)79-5)46(75)66-39(40(73)21-64-19-35-36(53)15-29(16-37(35)54)38-12-13-71(69-38)24-41(55)56)14-27-6-8-28(9-7-27)34-20-65-42(70-22-31-10-11-32(23-70)72(31)33-25-80-26-33)17-30(34)18-50(3,52(60,61)62)43(45(63)74)67-47(76)78-4/h6-9,12-13,15-17,20,31-33,39-41,43-44,64,73H,10-11,14,18-19,21-26H2,1-5H3,(H2,63,74)(H,66,75)(H,67,76)(H,68,77)/t31?,32?,39?,40-,43+,44+,50?/m0/s1. The highest BCUT2D eigenvalue weighted by molar-refractivity contribution is 5.87. The first-order valence-corrected chi connectivity index (χ1v) is 25.3. The lowest BCUT2D eigenvalue weighted by atomic mass is 9.74. The Labute approximate surface area is 453 Å². The van der Waals surface area contributed by atoms with E-state index >= 15 is 22.0 Å². The molecule has 18 nitrogen and oxygen atoms in total. The van der Waals surface area contributed by atoms with Crippen molar-refractivity contribution in [2.75, 3.05) is 52.0 Å². The molecular formula is C52H62F10N10O8. The summed E-state index contributed by atoms with van der Waals surface area (Å²) < 4.78 is 162. The first-order chi connectivity index (χ1) is 37.5. The number of rotatable bonds is 22. The number of carbonyl (C=O) groups excluding carboxylic acids is 4. The summed E-state index contributed by atoms with van der Waals surface area (Å²) in [5.41, 5.74) is -0.333. The highest BCUT2D eigenvalue weighted by Gasteiger charge is 2.59. The van der Waals surface area contributed by atoms with Gasteiger partial charge < -0.3 is 51.2 Å². The lowest BCUT2D eigenvalue weighted by Crippen LogP contribution is -2.62. The molecule has 3 saturated heterocycles. The third-order valence-corrected chi connectivity index (χ3v) is 15.2. The summed E-state index contributed by atoms with van der Waals surface area (Å²) in [5.74, 6) is -4.76. The Morgan fingerprint density at radius 3 is 1.95 bits per heavy atom. The van der Waals surface area contributed by atoms with Crippen LogP contribution in [0.2, 0.25) is 0 Å². The van der Waals surface area contributed by atoms with Crippen molar-refractivity contribution in [1.29, 1.82) is 0 Å². The molecule has 7 atom stereocenters. The van der Waals surface area contributed by atoms with Crippen LogP contribution in [0.25, 0.3) is 22.4 Å². The van der Waals surface area contributed by atoms with Crippen molar-refractivity contribution in [2.24, 2.45) is 16.6 Å². The normalized spacial score (nSPS) is 19.3. The van der Waals surface area contributed by atoms with Crippen molar-refractivity contribution in [3.63, 3.8) is 0 Å². The number of aliphatic hydroxyl groups excluding tert-OH is 1. The quantitative estimate of drug-likeness (QED) is 0.0496. The van der Waals surface area contributed by atoms with Crippen LogP contribution in [0, 0.1) is 22.5 Å². The number of anilines is 1. The molecule has 2 aromatic carbocycles. The highest BCUT2D eigenvalue weighted by atomic mass is 19.4. The fraction of sp³-hybridized carbons (Fsp3) is 0.538. The predicted molar refractivity (Wildman–Crippen MR) is 268 cm³/mol. The van der Waals surface area contributed by atoms with Crippen LogP contribution in [-0.2, 0) is 49.7 Å². The number of ether oxygens (including phenoxy) is 3. The Kier molecular flexibility index (Phi) is 18.7. The van der Waals surface area contributed by atoms with Crippen LogP contribution in [0.4, 0.5) is 59.3 Å². The minimum Gasteiger partial charge on any atom is -0.453 e. The van der Waals surface area contributed by atoms with Crippen molar-refractivity contribution in [3.8, 4) is 22.4 Å². The average molecular weight is 1150 g/mol. The van der Waals surface area contributed by atoms with Crippen LogP contribution in [-0.4, -0.2) is 157 Å². The average Bonchev–Trinajstić information content (AvgIpc) is 3.95. The van der Waals surface area contributed by atoms with Crippen molar-refractivity contribution >= 4 is 29.8 Å². The minimum absolute atomic E-state index is 0.00645. The summed E-state index contributed by atoms with van der Waals surface area (Å²) in [6.45, 7) is 2.32. The third-order valence-electron chi connectivity index (χ3n) is 15.2. The number of hydrogen-bond acceptors (Lipinski definition) is 13. The lowest BCUT2D eigenvalue weighted by Gasteiger charge is -2.48. The van der Waals surface area contributed by atoms with Gasteiger partial charge in [-0.05, 0) is 87.4 Å². The molecule has 2 aromatic heterocycles. The molecule has 0 spiro atoms. The van der Waals surface area contributed by atoms with E-state index < -0.39 is 121 Å². The van der Waals surface area contributed by atoms with Gasteiger partial charge in [-0.2, -0.15) is 31.4 Å². The number of nitrogens with one attached hydrogen (secondary N) is 4. The summed E-state index contributed by atoms with van der Waals surface area (Å²) in [6.07, 6.45) is -14.5. The minimum atomic E-state index is -5.18. The molecule has 28 heteroatoms. The van der Waals surface area contributed by atoms with Crippen LogP contribution >= 0.6 is 0 Å². The number of fused-ring (bicyclic) bond motifs is 2. The van der Waals surface area contributed by atoms with Crippen molar-refractivity contribution in [1.82, 2.24) is 40.9 Å². The molecule has 3 aliphatic rings. The molecule has 5 heterocycles. The third kappa shape index (κ3) is 13.5. The summed E-state index contributed by atoms with van der Waals surface area (Å²) >= 11 is 0. The number of halogens is 10. The Balaban J connectivity index is 1.19. The number of nitrogens with two attached hydrogens (primary N) is 1. The van der Waals surface area contributed by atoms with Gasteiger partial charge in [0.25, 0.3) is 6.43 Å². The number of aliphatic hydroxyl groups is 1. The highest BCUT2D eigenvalue weighted by Crippen LogP contribution is 2.46. The molecule has 3 fully saturated rings. The smallest absolute Gasteiger partial charge is 0.407 e. The number of primary amides is 1. The zero-order valence-electron chi connectivity index (χ0n) is 44.1. The van der Waals surface area contributed by atoms with E-state index in [1.165, 1.54) is 48.8 Å². The number of benzene rings is 2. The van der Waals surface area contributed by atoms with Crippen molar-refractivity contribution in [3.05, 3.63) is 89.2 Å². The maximum atomic E-state index is 15.5. The first-order valence-electron chi connectivity index (χ1n) is 25.3. The van der Waals surface area contributed by atoms with Gasteiger partial charge in [0.2, 0.25) is 11.8 Å². The van der Waals surface area contributed by atoms with Gasteiger partial charge in [0.1, 0.15) is 36.1 Å². The van der Waals surface area contributed by atoms with E-state index in [4.69, 9.17) is 15.5 Å². The molecule has 4 amide bonds. The molecular weight excluding hydrogens is 1080 g/mol. The Morgan fingerprint density at radius 1 is 0.825 bits per heavy atom. The van der Waals surface area contributed by atoms with E-state index in [9.17, 15) is 46.2 Å². The monoisotopic (exact) mass is 1140 g/mol. The van der Waals surface area contributed by atoms with E-state index in [0.717, 1.165) is 50.8 Å². The fourth-order valence-corrected chi connectivity index (χ4v) is 10.4. The summed E-state index contributed by atoms with van der Waals surface area (Å²) in [6, 6.07) is 4.71. The van der Waals surface area contributed by atoms with Crippen molar-refractivity contribution < 1.29 is 82.4 Å². The summed E-state index contributed by atoms with van der Waals surface area (Å²) in [4.78, 5) is 60.6. The molecule has 7 N–H and O–H groups in total. The van der Waals surface area contributed by atoms with Gasteiger partial charge in [-0.15, -0.1) is 0 Å². The first kappa shape index (κ1) is 60.9. The SMILES string of the molecule is COC(=O)N[C@H](C(=O)NC(Cc1ccc(-c2cnc(N3CC4CCC(C3)N4C3COC3)cc2CC(C)([C@H](NC(=O)OC)C(N)=O)C(F)(F)F)cc1)[C@@H](O)CNCc1c(F)cc(-c2ccn(CC(F)F)n2)cc1F)C(C)(C)C(F)(F)F. The second kappa shape index (κ2) is 24.5. The zero-order chi connectivity index (χ0) is 58.6. The van der Waals surface area contributed by atoms with Crippen molar-refractivity contribution in [2.45, 2.75) is 121 Å². The van der Waals surface area contributed by atoms with Gasteiger partial charge in [0.15, 0.2) is 0 Å². The number of piperazine rings is 1. The van der Waals surface area contributed by atoms with Gasteiger partial charge in [-0.3, -0.25) is 19.2 Å². The van der Waals surface area contributed by atoms with E-state index in [1.54, 1.807) is 0 Å². The number of methoxy groups -OCH3 is 2. The number of alkyl carbamates (subject to hydrolysis) is 2. The van der Waals surface area contributed by atoms with Gasteiger partial charge in [0.05, 0.1) is 62.1 Å². The zero-order valence-corrected chi connectivity index (χ0v) is 44.1. The predicted octanol–water partition coefficient (Wildman–Crippen LogP) is 6.02. The van der Waals surface area contributed by atoms with Crippen LogP contribution in [0.3, 0.4) is 0 Å². The largest absolute Gasteiger partial charge is 0.453 e. The molecule has 0 aliphatic carbocycles. The summed E-state index contributed by atoms with van der Waals surface area (Å²) in [7, 11) is 1.76. The second-order valence-corrected chi connectivity index (χ2v) is 20.9. The second-order valence-electron chi connectivity index (χ2n) is 20.9. The summed E-state index contributed by atoms with van der Waals surface area (Å²) in [5, 5.41) is 24.4. The number of amides is 4. The topological polar surface area (TPSA) is 228 Å². The molecule has 3 aliphatic heterocycles. The van der Waals surface area contributed by atoms with E-state index in [0.29, 0.717) is 46.0 Å². The fourth-order valence-electron chi connectivity index (χ4n) is 10.4. The maximum absolute atomic E-state index is 15.5. The molecule has 4 unspecified atom stereocenters. The van der Waals surface area contributed by atoms with Gasteiger partial charge in [-0.25, -0.2) is 32.1 Å². The Hall–Kier alpha value is -6.78. The number of alkyl halides is 8. The van der Waals surface area contributed by atoms with Gasteiger partial charge >= 0.3 is 24.5 Å². The molecule has 0 radical (unpaired) electrons. The molecule has 4 aromatic rings. The molecule has 7 rings (SSSR count). The van der Waals surface area contributed by atoms with E-state index in [2.05, 4.69) is 30.1 Å². The Morgan fingerprint density at radius 2 is 1.43 bits per heavy atom. The van der Waals surface area contributed by atoms with Gasteiger partial charge in [0, 0.05) is 67.3 Å². The van der Waals surface area contributed by atoms with Crippen LogP contribution < -0.4 is 31.9 Å². The van der Waals surface area contributed by atoms with Crippen LogP contribution in [0.1, 0.15) is 50.3 Å². The maximum Gasteiger partial charge on any atom is 0.407 e. The number of nitrogens with zero attached hydrogens (tertiary/aromatic N) is 5. The van der Waals surface area contributed by atoms with Crippen LogP contribution in [0.15, 0.2) is 60.9 Å². The van der Waals surface area contributed by atoms with Crippen LogP contribution in [0.5, 0.6) is 0 Å². The molecule has 80 heavy (non-hydrogen) atoms. The molecule has 0 saturated carbocycles. The molecule has 2 bridgehead atoms. The number of pyridine rings is 1. The van der Waals surface area contributed by atoms with E-state index in [-0.39, 0.29) is 58.1 Å². The number of aromatic nitrogens is 3. The lowest BCUT2D eigenvalue weighted by molar-refractivity contribution is -0.226. The Bertz CT molecular complexity index is 2820.